The van der Waals surface area contributed by atoms with Crippen LogP contribution in [0.15, 0.2) is 48.5 Å². The summed E-state index contributed by atoms with van der Waals surface area (Å²) in [4.78, 5) is 12.0. The summed E-state index contributed by atoms with van der Waals surface area (Å²) in [5.41, 5.74) is 2.55. The predicted molar refractivity (Wildman–Crippen MR) is 94.1 cm³/mol. The van der Waals surface area contributed by atoms with Crippen LogP contribution in [0.2, 0.25) is 5.02 Å². The van der Waals surface area contributed by atoms with E-state index in [4.69, 9.17) is 16.3 Å². The minimum absolute atomic E-state index is 0.130. The number of hydrogen-bond acceptors (Lipinski definition) is 2. The van der Waals surface area contributed by atoms with Gasteiger partial charge in [0, 0.05) is 6.54 Å². The summed E-state index contributed by atoms with van der Waals surface area (Å²) in [7, 11) is 0. The summed E-state index contributed by atoms with van der Waals surface area (Å²) < 4.78 is 5.59. The van der Waals surface area contributed by atoms with Crippen molar-refractivity contribution in [2.75, 3.05) is 6.54 Å². The third-order valence-corrected chi connectivity index (χ3v) is 3.85. The zero-order chi connectivity index (χ0) is 16.7. The fraction of sp³-hybridized carbons (Fsp3) is 0.316. The number of halogens is 1. The standard InChI is InChI=1S/C19H22ClNO2/c1-14-7-5-8-16(13-14)9-6-12-21-19(22)15(2)23-18-11-4-3-10-17(18)20/h3-5,7-8,10-11,13,15H,6,9,12H2,1-2H3,(H,21,22)/t15-/m1/s1. The average molecular weight is 332 g/mol. The van der Waals surface area contributed by atoms with Crippen molar-refractivity contribution in [2.24, 2.45) is 0 Å². The molecule has 0 unspecified atom stereocenters. The van der Waals surface area contributed by atoms with Gasteiger partial charge in [0.15, 0.2) is 6.10 Å². The van der Waals surface area contributed by atoms with Gasteiger partial charge in [-0.25, -0.2) is 0 Å². The maximum absolute atomic E-state index is 12.0. The molecule has 0 saturated carbocycles. The van der Waals surface area contributed by atoms with E-state index in [1.807, 2.05) is 12.1 Å². The van der Waals surface area contributed by atoms with Crippen LogP contribution in [-0.4, -0.2) is 18.6 Å². The number of hydrogen-bond donors (Lipinski definition) is 1. The molecule has 3 nitrogen and oxygen atoms in total. The first-order valence-corrected chi connectivity index (χ1v) is 8.18. The van der Waals surface area contributed by atoms with Crippen molar-refractivity contribution in [1.82, 2.24) is 5.32 Å². The second-order valence-electron chi connectivity index (χ2n) is 5.57. The Morgan fingerprint density at radius 1 is 1.22 bits per heavy atom. The lowest BCUT2D eigenvalue weighted by molar-refractivity contribution is -0.127. The Kier molecular flexibility index (Phi) is 6.48. The molecule has 1 amide bonds. The summed E-state index contributed by atoms with van der Waals surface area (Å²) >= 11 is 6.02. The Morgan fingerprint density at radius 2 is 2.00 bits per heavy atom. The maximum Gasteiger partial charge on any atom is 0.260 e. The van der Waals surface area contributed by atoms with Gasteiger partial charge >= 0.3 is 0 Å². The normalized spacial score (nSPS) is 11.8. The van der Waals surface area contributed by atoms with Gasteiger partial charge in [0.1, 0.15) is 5.75 Å². The summed E-state index contributed by atoms with van der Waals surface area (Å²) in [6, 6.07) is 15.6. The van der Waals surface area contributed by atoms with E-state index in [1.54, 1.807) is 19.1 Å². The molecule has 0 fully saturated rings. The number of carbonyl (C=O) groups is 1. The molecule has 0 bridgehead atoms. The first-order chi connectivity index (χ1) is 11.1. The molecule has 4 heteroatoms. The summed E-state index contributed by atoms with van der Waals surface area (Å²) in [6.45, 7) is 4.43. The van der Waals surface area contributed by atoms with Crippen molar-refractivity contribution in [3.63, 3.8) is 0 Å². The molecule has 0 aliphatic carbocycles. The number of rotatable bonds is 7. The van der Waals surface area contributed by atoms with Gasteiger partial charge in [-0.05, 0) is 44.4 Å². The molecule has 2 aromatic carbocycles. The molecule has 0 spiro atoms. The van der Waals surface area contributed by atoms with Crippen molar-refractivity contribution < 1.29 is 9.53 Å². The van der Waals surface area contributed by atoms with Crippen LogP contribution in [0.1, 0.15) is 24.5 Å². The monoisotopic (exact) mass is 331 g/mol. The Hall–Kier alpha value is -2.00. The highest BCUT2D eigenvalue weighted by molar-refractivity contribution is 6.32. The number of ether oxygens (including phenoxy) is 1. The molecule has 122 valence electrons. The smallest absolute Gasteiger partial charge is 0.260 e. The Morgan fingerprint density at radius 3 is 2.74 bits per heavy atom. The van der Waals surface area contributed by atoms with Gasteiger partial charge in [-0.3, -0.25) is 4.79 Å². The van der Waals surface area contributed by atoms with Gasteiger partial charge in [-0.2, -0.15) is 0 Å². The highest BCUT2D eigenvalue weighted by Crippen LogP contribution is 2.24. The van der Waals surface area contributed by atoms with Crippen LogP contribution in [-0.2, 0) is 11.2 Å². The lowest BCUT2D eigenvalue weighted by Crippen LogP contribution is -2.37. The number of carbonyl (C=O) groups excluding carboxylic acids is 1. The topological polar surface area (TPSA) is 38.3 Å². The molecule has 0 saturated heterocycles. The number of benzene rings is 2. The van der Waals surface area contributed by atoms with Crippen LogP contribution in [0, 0.1) is 6.92 Å². The third-order valence-electron chi connectivity index (χ3n) is 3.53. The van der Waals surface area contributed by atoms with Crippen LogP contribution < -0.4 is 10.1 Å². The van der Waals surface area contributed by atoms with E-state index in [0.29, 0.717) is 17.3 Å². The number of para-hydroxylation sites is 1. The number of nitrogens with one attached hydrogen (secondary N) is 1. The van der Waals surface area contributed by atoms with Crippen LogP contribution in [0.25, 0.3) is 0 Å². The van der Waals surface area contributed by atoms with Gasteiger partial charge in [0.2, 0.25) is 0 Å². The SMILES string of the molecule is Cc1cccc(CCCNC(=O)[C@@H](C)Oc2ccccc2Cl)c1. The minimum Gasteiger partial charge on any atom is -0.479 e. The van der Waals surface area contributed by atoms with Crippen LogP contribution >= 0.6 is 11.6 Å². The summed E-state index contributed by atoms with van der Waals surface area (Å²) in [5, 5.41) is 3.41. The van der Waals surface area contributed by atoms with Crippen LogP contribution in [0.3, 0.4) is 0 Å². The van der Waals surface area contributed by atoms with E-state index in [-0.39, 0.29) is 5.91 Å². The average Bonchev–Trinajstić information content (AvgIpc) is 2.53. The molecule has 1 N–H and O–H groups in total. The molecule has 0 aliphatic heterocycles. The van der Waals surface area contributed by atoms with Crippen molar-refractivity contribution >= 4 is 17.5 Å². The van der Waals surface area contributed by atoms with Crippen molar-refractivity contribution in [1.29, 1.82) is 0 Å². The third kappa shape index (κ3) is 5.61. The predicted octanol–water partition coefficient (Wildman–Crippen LogP) is 4.16. The highest BCUT2D eigenvalue weighted by atomic mass is 35.5. The summed E-state index contributed by atoms with van der Waals surface area (Å²) in [6.07, 6.45) is 1.27. The van der Waals surface area contributed by atoms with Crippen molar-refractivity contribution in [3.05, 3.63) is 64.7 Å². The zero-order valence-electron chi connectivity index (χ0n) is 13.5. The highest BCUT2D eigenvalue weighted by Gasteiger charge is 2.15. The molecule has 0 aromatic heterocycles. The minimum atomic E-state index is -0.575. The Balaban J connectivity index is 1.73. The van der Waals surface area contributed by atoms with Crippen molar-refractivity contribution in [3.8, 4) is 5.75 Å². The molecule has 1 atom stereocenters. The molecule has 0 aliphatic rings. The van der Waals surface area contributed by atoms with Gasteiger partial charge in [0.25, 0.3) is 5.91 Å². The first kappa shape index (κ1) is 17.4. The van der Waals surface area contributed by atoms with Gasteiger partial charge in [-0.1, -0.05) is 53.6 Å². The summed E-state index contributed by atoms with van der Waals surface area (Å²) in [5.74, 6) is 0.394. The quantitative estimate of drug-likeness (QED) is 0.773. The first-order valence-electron chi connectivity index (χ1n) is 7.80. The second-order valence-corrected chi connectivity index (χ2v) is 5.98. The van der Waals surface area contributed by atoms with Crippen LogP contribution in [0.5, 0.6) is 5.75 Å². The Labute approximate surface area is 142 Å². The van der Waals surface area contributed by atoms with E-state index in [0.717, 1.165) is 12.8 Å². The fourth-order valence-corrected chi connectivity index (χ4v) is 2.48. The fourth-order valence-electron chi connectivity index (χ4n) is 2.30. The lowest BCUT2D eigenvalue weighted by Gasteiger charge is -2.15. The maximum atomic E-state index is 12.0. The van der Waals surface area contributed by atoms with Gasteiger partial charge in [0.05, 0.1) is 5.02 Å². The van der Waals surface area contributed by atoms with E-state index < -0.39 is 6.10 Å². The zero-order valence-corrected chi connectivity index (χ0v) is 14.3. The van der Waals surface area contributed by atoms with E-state index >= 15 is 0 Å². The van der Waals surface area contributed by atoms with E-state index in [9.17, 15) is 4.79 Å². The molecule has 2 rings (SSSR count). The molecule has 23 heavy (non-hydrogen) atoms. The van der Waals surface area contributed by atoms with E-state index in [2.05, 4.69) is 36.5 Å². The largest absolute Gasteiger partial charge is 0.479 e. The number of amides is 1. The Bertz CT molecular complexity index is 657. The molecule has 0 heterocycles. The molecular weight excluding hydrogens is 310 g/mol. The molecule has 2 aromatic rings. The van der Waals surface area contributed by atoms with Gasteiger partial charge in [-0.15, -0.1) is 0 Å². The number of aryl methyl sites for hydroxylation is 2. The van der Waals surface area contributed by atoms with Crippen LogP contribution in [0.4, 0.5) is 0 Å². The molecular formula is C19H22ClNO2. The van der Waals surface area contributed by atoms with Gasteiger partial charge < -0.3 is 10.1 Å². The molecule has 0 radical (unpaired) electrons. The van der Waals surface area contributed by atoms with E-state index in [1.165, 1.54) is 11.1 Å². The van der Waals surface area contributed by atoms with Crippen molar-refractivity contribution in [2.45, 2.75) is 32.8 Å². The lowest BCUT2D eigenvalue weighted by atomic mass is 10.1. The second kappa shape index (κ2) is 8.59.